The highest BCUT2D eigenvalue weighted by atomic mass is 19.1. The van der Waals surface area contributed by atoms with Gasteiger partial charge in [0.15, 0.2) is 0 Å². The molecule has 128 valence electrons. The van der Waals surface area contributed by atoms with Crippen LogP contribution in [-0.2, 0) is 6.61 Å². The van der Waals surface area contributed by atoms with E-state index in [9.17, 15) is 9.50 Å². The van der Waals surface area contributed by atoms with Crippen LogP contribution in [0, 0.1) is 5.82 Å². The van der Waals surface area contributed by atoms with Gasteiger partial charge in [0.1, 0.15) is 17.3 Å². The lowest BCUT2D eigenvalue weighted by Gasteiger charge is -2.26. The number of para-hydroxylation sites is 1. The highest BCUT2D eigenvalue weighted by Gasteiger charge is 2.20. The number of aliphatic hydroxyl groups is 1. The molecule has 0 saturated heterocycles. The van der Waals surface area contributed by atoms with E-state index in [0.29, 0.717) is 23.2 Å². The molecule has 1 saturated carbocycles. The molecule has 1 heterocycles. The van der Waals surface area contributed by atoms with Crippen LogP contribution in [0.5, 0.6) is 5.75 Å². The summed E-state index contributed by atoms with van der Waals surface area (Å²) in [7, 11) is 0. The van der Waals surface area contributed by atoms with Crippen LogP contribution in [0.4, 0.5) is 4.39 Å². The molecular formula is C20H19FN2O2. The molecule has 0 amide bonds. The largest absolute Gasteiger partial charge is 0.490 e. The third-order valence-corrected chi connectivity index (χ3v) is 4.49. The van der Waals surface area contributed by atoms with Gasteiger partial charge in [-0.15, -0.1) is 0 Å². The average molecular weight is 338 g/mol. The van der Waals surface area contributed by atoms with Crippen LogP contribution in [-0.4, -0.2) is 21.0 Å². The van der Waals surface area contributed by atoms with Crippen LogP contribution in [0.25, 0.3) is 16.9 Å². The number of aromatic nitrogens is 2. The molecule has 4 rings (SSSR count). The average Bonchev–Trinajstić information content (AvgIpc) is 3.03. The Hall–Kier alpha value is -2.66. The van der Waals surface area contributed by atoms with Gasteiger partial charge in [0.25, 0.3) is 0 Å². The minimum atomic E-state index is -0.363. The van der Waals surface area contributed by atoms with Crippen molar-refractivity contribution in [3.8, 4) is 22.7 Å². The Bertz CT molecular complexity index is 887. The molecule has 0 spiro atoms. The van der Waals surface area contributed by atoms with E-state index in [1.165, 1.54) is 17.2 Å². The Morgan fingerprint density at radius 1 is 1.12 bits per heavy atom. The topological polar surface area (TPSA) is 47.3 Å². The fraction of sp³-hybridized carbons (Fsp3) is 0.250. The Kier molecular flexibility index (Phi) is 4.24. The summed E-state index contributed by atoms with van der Waals surface area (Å²) in [5.74, 6) is 0.437. The number of halogens is 1. The second-order valence-corrected chi connectivity index (χ2v) is 6.24. The van der Waals surface area contributed by atoms with Gasteiger partial charge in [-0.3, -0.25) is 0 Å². The molecule has 3 aromatic rings. The van der Waals surface area contributed by atoms with Crippen molar-refractivity contribution >= 4 is 0 Å². The molecule has 1 aliphatic carbocycles. The summed E-state index contributed by atoms with van der Waals surface area (Å²) in [5, 5.41) is 13.8. The zero-order valence-electron chi connectivity index (χ0n) is 13.7. The summed E-state index contributed by atoms with van der Waals surface area (Å²) in [6, 6.07) is 16.0. The molecule has 2 aromatic carbocycles. The van der Waals surface area contributed by atoms with E-state index in [4.69, 9.17) is 4.74 Å². The van der Waals surface area contributed by atoms with Crippen molar-refractivity contribution in [1.29, 1.82) is 0 Å². The maximum absolute atomic E-state index is 14.2. The van der Waals surface area contributed by atoms with Crippen molar-refractivity contribution in [2.45, 2.75) is 32.0 Å². The Labute approximate surface area is 145 Å². The third kappa shape index (κ3) is 3.15. The molecular weight excluding hydrogens is 319 g/mol. The van der Waals surface area contributed by atoms with Crippen molar-refractivity contribution in [3.63, 3.8) is 0 Å². The molecule has 1 aliphatic rings. The van der Waals surface area contributed by atoms with Crippen molar-refractivity contribution in [3.05, 3.63) is 66.1 Å². The molecule has 0 unspecified atom stereocenters. The van der Waals surface area contributed by atoms with Crippen molar-refractivity contribution < 1.29 is 14.2 Å². The quantitative estimate of drug-likeness (QED) is 0.762. The summed E-state index contributed by atoms with van der Waals surface area (Å²) in [6.45, 7) is -0.202. The summed E-state index contributed by atoms with van der Waals surface area (Å²) in [4.78, 5) is 0. The van der Waals surface area contributed by atoms with Crippen molar-refractivity contribution in [1.82, 2.24) is 9.78 Å². The van der Waals surface area contributed by atoms with E-state index in [2.05, 4.69) is 5.10 Å². The SMILES string of the molecule is OCc1cc(-c2cccc(OC3CCC3)c2)n(-c2ccccc2F)n1. The summed E-state index contributed by atoms with van der Waals surface area (Å²) in [6.07, 6.45) is 3.68. The lowest BCUT2D eigenvalue weighted by molar-refractivity contribution is 0.120. The van der Waals surface area contributed by atoms with E-state index in [-0.39, 0.29) is 12.4 Å². The number of aliphatic hydroxyl groups excluding tert-OH is 1. The molecule has 0 atom stereocenters. The molecule has 1 fully saturated rings. The summed E-state index contributed by atoms with van der Waals surface area (Å²) < 4.78 is 21.7. The standard InChI is InChI=1S/C20H19FN2O2/c21-18-9-1-2-10-19(18)23-20(12-15(13-24)22-23)14-5-3-8-17(11-14)25-16-6-4-7-16/h1-3,5,8-12,16,24H,4,6-7,13H2. The van der Waals surface area contributed by atoms with Gasteiger partial charge >= 0.3 is 0 Å². The first-order valence-electron chi connectivity index (χ1n) is 8.46. The van der Waals surface area contributed by atoms with Crippen LogP contribution in [0.1, 0.15) is 25.0 Å². The van der Waals surface area contributed by atoms with Gasteiger partial charge in [-0.05, 0) is 49.6 Å². The van der Waals surface area contributed by atoms with Crippen LogP contribution in [0.15, 0.2) is 54.6 Å². The van der Waals surface area contributed by atoms with Gasteiger partial charge in [0.2, 0.25) is 0 Å². The van der Waals surface area contributed by atoms with E-state index < -0.39 is 0 Å². The van der Waals surface area contributed by atoms with Gasteiger partial charge in [0.05, 0.1) is 24.1 Å². The Morgan fingerprint density at radius 2 is 1.96 bits per heavy atom. The third-order valence-electron chi connectivity index (χ3n) is 4.49. The predicted octanol–water partition coefficient (Wildman–Crippen LogP) is 4.10. The zero-order valence-corrected chi connectivity index (χ0v) is 13.7. The lowest BCUT2D eigenvalue weighted by atomic mass is 9.96. The van der Waals surface area contributed by atoms with Crippen LogP contribution in [0.2, 0.25) is 0 Å². The second kappa shape index (κ2) is 6.69. The number of hydrogen-bond acceptors (Lipinski definition) is 3. The first-order chi connectivity index (χ1) is 12.2. The van der Waals surface area contributed by atoms with E-state index in [0.717, 1.165) is 24.2 Å². The normalized spacial score (nSPS) is 14.3. The molecule has 5 heteroatoms. The van der Waals surface area contributed by atoms with Crippen LogP contribution in [0.3, 0.4) is 0 Å². The van der Waals surface area contributed by atoms with Gasteiger partial charge in [-0.25, -0.2) is 9.07 Å². The fourth-order valence-electron chi connectivity index (χ4n) is 2.93. The Morgan fingerprint density at radius 3 is 2.68 bits per heavy atom. The molecule has 0 radical (unpaired) electrons. The van der Waals surface area contributed by atoms with E-state index >= 15 is 0 Å². The maximum Gasteiger partial charge on any atom is 0.148 e. The van der Waals surface area contributed by atoms with Gasteiger partial charge in [-0.2, -0.15) is 5.10 Å². The number of rotatable bonds is 5. The van der Waals surface area contributed by atoms with Crippen molar-refractivity contribution in [2.24, 2.45) is 0 Å². The van der Waals surface area contributed by atoms with Gasteiger partial charge in [-0.1, -0.05) is 24.3 Å². The first kappa shape index (κ1) is 15.8. The van der Waals surface area contributed by atoms with E-state index in [1.807, 2.05) is 24.3 Å². The minimum Gasteiger partial charge on any atom is -0.490 e. The smallest absolute Gasteiger partial charge is 0.148 e. The summed E-state index contributed by atoms with van der Waals surface area (Å²) in [5.41, 5.74) is 2.42. The highest BCUT2D eigenvalue weighted by Crippen LogP contribution is 2.30. The number of benzene rings is 2. The molecule has 25 heavy (non-hydrogen) atoms. The molecule has 0 bridgehead atoms. The monoisotopic (exact) mass is 338 g/mol. The van der Waals surface area contributed by atoms with Crippen molar-refractivity contribution in [2.75, 3.05) is 0 Å². The molecule has 4 nitrogen and oxygen atoms in total. The predicted molar refractivity (Wildman–Crippen MR) is 93.1 cm³/mol. The number of hydrogen-bond donors (Lipinski definition) is 1. The Balaban J connectivity index is 1.76. The van der Waals surface area contributed by atoms with Crippen LogP contribution < -0.4 is 4.74 Å². The second-order valence-electron chi connectivity index (χ2n) is 6.24. The van der Waals surface area contributed by atoms with E-state index in [1.54, 1.807) is 24.3 Å². The van der Waals surface area contributed by atoms with Gasteiger partial charge < -0.3 is 9.84 Å². The number of ether oxygens (including phenoxy) is 1. The number of nitrogens with zero attached hydrogens (tertiary/aromatic N) is 2. The molecule has 1 aromatic heterocycles. The minimum absolute atomic E-state index is 0.202. The van der Waals surface area contributed by atoms with Gasteiger partial charge in [0, 0.05) is 5.56 Å². The summed E-state index contributed by atoms with van der Waals surface area (Å²) >= 11 is 0. The molecule has 0 aliphatic heterocycles. The first-order valence-corrected chi connectivity index (χ1v) is 8.46. The fourth-order valence-corrected chi connectivity index (χ4v) is 2.93. The lowest BCUT2D eigenvalue weighted by Crippen LogP contribution is -2.24. The zero-order chi connectivity index (χ0) is 17.2. The van der Waals surface area contributed by atoms with Crippen LogP contribution >= 0.6 is 0 Å². The highest BCUT2D eigenvalue weighted by molar-refractivity contribution is 5.64. The maximum atomic E-state index is 14.2. The molecule has 1 N–H and O–H groups in total.